The molecule has 0 radical (unpaired) electrons. The van der Waals surface area contributed by atoms with Gasteiger partial charge >= 0.3 is 0 Å². The molecular formula is C10H10ClN3S. The van der Waals surface area contributed by atoms with Gasteiger partial charge in [0, 0.05) is 5.88 Å². The van der Waals surface area contributed by atoms with Crippen molar-refractivity contribution >= 4 is 28.1 Å². The molecule has 0 spiro atoms. The molecule has 0 aliphatic heterocycles. The summed E-state index contributed by atoms with van der Waals surface area (Å²) in [5.74, 6) is 0.504. The van der Waals surface area contributed by atoms with E-state index in [9.17, 15) is 0 Å². The van der Waals surface area contributed by atoms with Gasteiger partial charge in [0.2, 0.25) is 5.13 Å². The average Bonchev–Trinajstić information content (AvgIpc) is 2.80. The Bertz CT molecular complexity index is 390. The Morgan fingerprint density at radius 1 is 1.33 bits per heavy atom. The first-order chi connectivity index (χ1) is 7.40. The number of rotatable bonds is 4. The lowest BCUT2D eigenvalue weighted by Crippen LogP contribution is -2.11. The molecular weight excluding hydrogens is 230 g/mol. The smallest absolute Gasteiger partial charge is 0.205 e. The van der Waals surface area contributed by atoms with Crippen LogP contribution in [0.4, 0.5) is 5.13 Å². The third-order valence-electron chi connectivity index (χ3n) is 2.01. The van der Waals surface area contributed by atoms with Crippen LogP contribution in [0.3, 0.4) is 0 Å². The van der Waals surface area contributed by atoms with E-state index in [1.165, 1.54) is 11.3 Å². The van der Waals surface area contributed by atoms with Crippen molar-refractivity contribution < 1.29 is 0 Å². The molecule has 3 nitrogen and oxygen atoms in total. The van der Waals surface area contributed by atoms with Gasteiger partial charge in [-0.15, -0.1) is 21.8 Å². The summed E-state index contributed by atoms with van der Waals surface area (Å²) < 4.78 is 0. The van der Waals surface area contributed by atoms with Gasteiger partial charge in [-0.2, -0.15) is 0 Å². The van der Waals surface area contributed by atoms with Crippen LogP contribution in [0.15, 0.2) is 35.8 Å². The lowest BCUT2D eigenvalue weighted by molar-refractivity contribution is 0.881. The predicted molar refractivity (Wildman–Crippen MR) is 63.4 cm³/mol. The van der Waals surface area contributed by atoms with Gasteiger partial charge in [-0.3, -0.25) is 0 Å². The van der Waals surface area contributed by atoms with Gasteiger partial charge in [-0.05, 0) is 5.56 Å². The monoisotopic (exact) mass is 239 g/mol. The molecule has 78 valence electrons. The number of aromatic nitrogens is 2. The first-order valence-corrected chi connectivity index (χ1v) is 5.95. The molecule has 1 aromatic carbocycles. The van der Waals surface area contributed by atoms with Crippen LogP contribution in [-0.4, -0.2) is 16.1 Å². The fourth-order valence-corrected chi connectivity index (χ4v) is 2.04. The van der Waals surface area contributed by atoms with Crippen molar-refractivity contribution in [2.45, 2.75) is 6.04 Å². The fourth-order valence-electron chi connectivity index (χ4n) is 1.28. The quantitative estimate of drug-likeness (QED) is 0.834. The van der Waals surface area contributed by atoms with Crippen LogP contribution in [-0.2, 0) is 0 Å². The van der Waals surface area contributed by atoms with Crippen molar-refractivity contribution in [3.8, 4) is 0 Å². The summed E-state index contributed by atoms with van der Waals surface area (Å²) in [5, 5.41) is 11.7. The normalized spacial score (nSPS) is 12.3. The van der Waals surface area contributed by atoms with Crippen LogP contribution in [0.25, 0.3) is 0 Å². The Hall–Kier alpha value is -1.13. The standard InChI is InChI=1S/C10H10ClN3S/c11-6-9(8-4-2-1-3-5-8)13-10-14-12-7-15-10/h1-5,7,9H,6H2,(H,13,14). The third kappa shape index (κ3) is 2.67. The van der Waals surface area contributed by atoms with Crippen LogP contribution < -0.4 is 5.32 Å². The molecule has 1 N–H and O–H groups in total. The van der Waals surface area contributed by atoms with Crippen molar-refractivity contribution in [3.05, 3.63) is 41.4 Å². The SMILES string of the molecule is ClCC(Nc1nncs1)c1ccccc1. The molecule has 0 bridgehead atoms. The topological polar surface area (TPSA) is 37.8 Å². The van der Waals surface area contributed by atoms with E-state index in [0.717, 1.165) is 10.7 Å². The number of anilines is 1. The summed E-state index contributed by atoms with van der Waals surface area (Å²) in [6, 6.07) is 10.1. The number of nitrogens with zero attached hydrogens (tertiary/aromatic N) is 2. The Labute approximate surface area is 97.1 Å². The van der Waals surface area contributed by atoms with E-state index in [-0.39, 0.29) is 6.04 Å². The second kappa shape index (κ2) is 5.09. The van der Waals surface area contributed by atoms with Gasteiger partial charge in [0.15, 0.2) is 0 Å². The van der Waals surface area contributed by atoms with Crippen LogP contribution in [0.2, 0.25) is 0 Å². The van der Waals surface area contributed by atoms with Crippen molar-refractivity contribution in [3.63, 3.8) is 0 Å². The highest BCUT2D eigenvalue weighted by molar-refractivity contribution is 7.13. The minimum absolute atomic E-state index is 0.0841. The van der Waals surface area contributed by atoms with Gasteiger partial charge < -0.3 is 5.32 Å². The Morgan fingerprint density at radius 3 is 2.73 bits per heavy atom. The number of nitrogens with one attached hydrogen (secondary N) is 1. The van der Waals surface area contributed by atoms with E-state index in [1.54, 1.807) is 5.51 Å². The molecule has 0 aliphatic carbocycles. The summed E-state index contributed by atoms with van der Waals surface area (Å²) in [6.45, 7) is 0. The zero-order valence-corrected chi connectivity index (χ0v) is 9.50. The van der Waals surface area contributed by atoms with Crippen molar-refractivity contribution in [2.24, 2.45) is 0 Å². The van der Waals surface area contributed by atoms with Gasteiger partial charge in [-0.1, -0.05) is 41.7 Å². The number of alkyl halides is 1. The molecule has 0 saturated carbocycles. The van der Waals surface area contributed by atoms with Crippen molar-refractivity contribution in [2.75, 3.05) is 11.2 Å². The Morgan fingerprint density at radius 2 is 2.13 bits per heavy atom. The maximum absolute atomic E-state index is 5.91. The van der Waals surface area contributed by atoms with E-state index in [1.807, 2.05) is 30.3 Å². The van der Waals surface area contributed by atoms with Gasteiger partial charge in [0.05, 0.1) is 6.04 Å². The highest BCUT2D eigenvalue weighted by Crippen LogP contribution is 2.21. The van der Waals surface area contributed by atoms with Crippen LogP contribution in [0.1, 0.15) is 11.6 Å². The van der Waals surface area contributed by atoms with E-state index >= 15 is 0 Å². The number of halogens is 1. The van der Waals surface area contributed by atoms with E-state index in [0.29, 0.717) is 5.88 Å². The van der Waals surface area contributed by atoms with E-state index in [2.05, 4.69) is 15.5 Å². The molecule has 0 saturated heterocycles. The highest BCUT2D eigenvalue weighted by atomic mass is 35.5. The first-order valence-electron chi connectivity index (χ1n) is 4.54. The molecule has 5 heteroatoms. The van der Waals surface area contributed by atoms with E-state index in [4.69, 9.17) is 11.6 Å². The summed E-state index contributed by atoms with van der Waals surface area (Å²) in [4.78, 5) is 0. The van der Waals surface area contributed by atoms with Gasteiger partial charge in [0.25, 0.3) is 0 Å². The maximum Gasteiger partial charge on any atom is 0.205 e. The molecule has 1 atom stereocenters. The molecule has 1 unspecified atom stereocenters. The molecule has 15 heavy (non-hydrogen) atoms. The van der Waals surface area contributed by atoms with Gasteiger partial charge in [0.1, 0.15) is 5.51 Å². The number of hydrogen-bond acceptors (Lipinski definition) is 4. The zero-order chi connectivity index (χ0) is 10.5. The van der Waals surface area contributed by atoms with E-state index < -0.39 is 0 Å². The molecule has 2 aromatic rings. The van der Waals surface area contributed by atoms with Crippen LogP contribution in [0, 0.1) is 0 Å². The lowest BCUT2D eigenvalue weighted by atomic mass is 10.1. The van der Waals surface area contributed by atoms with Crippen molar-refractivity contribution in [1.82, 2.24) is 10.2 Å². The molecule has 0 aliphatic rings. The summed E-state index contributed by atoms with van der Waals surface area (Å²) in [5.41, 5.74) is 2.85. The highest BCUT2D eigenvalue weighted by Gasteiger charge is 2.10. The lowest BCUT2D eigenvalue weighted by Gasteiger charge is -2.14. The summed E-state index contributed by atoms with van der Waals surface area (Å²) in [6.07, 6.45) is 0. The Balaban J connectivity index is 2.12. The molecule has 1 aromatic heterocycles. The zero-order valence-electron chi connectivity index (χ0n) is 7.93. The summed E-state index contributed by atoms with van der Waals surface area (Å²) in [7, 11) is 0. The third-order valence-corrected chi connectivity index (χ3v) is 2.95. The minimum atomic E-state index is 0.0841. The average molecular weight is 240 g/mol. The van der Waals surface area contributed by atoms with Crippen molar-refractivity contribution in [1.29, 1.82) is 0 Å². The Kier molecular flexibility index (Phi) is 3.53. The minimum Gasteiger partial charge on any atom is -0.352 e. The van der Waals surface area contributed by atoms with Gasteiger partial charge in [-0.25, -0.2) is 0 Å². The predicted octanol–water partition coefficient (Wildman–Crippen LogP) is 2.93. The first kappa shape index (κ1) is 10.4. The van der Waals surface area contributed by atoms with Crippen LogP contribution in [0.5, 0.6) is 0 Å². The molecule has 1 heterocycles. The fraction of sp³-hybridized carbons (Fsp3) is 0.200. The molecule has 0 fully saturated rings. The second-order valence-electron chi connectivity index (χ2n) is 3.01. The largest absolute Gasteiger partial charge is 0.352 e. The summed E-state index contributed by atoms with van der Waals surface area (Å²) >= 11 is 7.38. The maximum atomic E-state index is 5.91. The molecule has 0 amide bonds. The molecule has 2 rings (SSSR count). The van der Waals surface area contributed by atoms with Crippen LogP contribution >= 0.6 is 22.9 Å². The number of hydrogen-bond donors (Lipinski definition) is 1. The second-order valence-corrected chi connectivity index (χ2v) is 4.15. The number of benzene rings is 1.